The topological polar surface area (TPSA) is 66.0 Å². The average Bonchev–Trinajstić information content (AvgIpc) is 2.69. The van der Waals surface area contributed by atoms with E-state index in [9.17, 15) is 0 Å². The van der Waals surface area contributed by atoms with E-state index in [1.54, 1.807) is 6.20 Å². The molecule has 0 spiro atoms. The molecule has 1 aliphatic heterocycles. The zero-order valence-electron chi connectivity index (χ0n) is 8.97. The zero-order valence-corrected chi connectivity index (χ0v) is 8.97. The van der Waals surface area contributed by atoms with Crippen molar-refractivity contribution in [1.29, 1.82) is 0 Å². The van der Waals surface area contributed by atoms with Crippen LogP contribution in [0.25, 0.3) is 11.0 Å². The van der Waals surface area contributed by atoms with Gasteiger partial charge in [-0.1, -0.05) is 0 Å². The van der Waals surface area contributed by atoms with Crippen LogP contribution in [0, 0.1) is 0 Å². The van der Waals surface area contributed by atoms with Crippen molar-refractivity contribution in [2.75, 3.05) is 12.3 Å². The molecule has 1 saturated heterocycles. The number of ether oxygens (including phenoxy) is 1. The fourth-order valence-corrected chi connectivity index (χ4v) is 2.11. The number of rotatable bonds is 1. The number of nitrogens with two attached hydrogens (primary N) is 1. The lowest BCUT2D eigenvalue weighted by Gasteiger charge is -2.22. The van der Waals surface area contributed by atoms with E-state index in [0.29, 0.717) is 5.82 Å². The third-order valence-corrected chi connectivity index (χ3v) is 2.92. The molecule has 0 aromatic carbocycles. The Kier molecular flexibility index (Phi) is 2.25. The molecule has 5 nitrogen and oxygen atoms in total. The van der Waals surface area contributed by atoms with E-state index in [2.05, 4.69) is 10.1 Å². The van der Waals surface area contributed by atoms with Gasteiger partial charge in [0.1, 0.15) is 0 Å². The molecule has 0 radical (unpaired) electrons. The molecule has 1 fully saturated rings. The molecule has 2 aromatic heterocycles. The number of nitrogens with zero attached hydrogens (tertiary/aromatic N) is 3. The molecule has 16 heavy (non-hydrogen) atoms. The van der Waals surface area contributed by atoms with E-state index in [-0.39, 0.29) is 6.23 Å². The molecule has 2 aromatic rings. The van der Waals surface area contributed by atoms with Crippen molar-refractivity contribution in [1.82, 2.24) is 14.8 Å². The molecular formula is C11H14N4O. The van der Waals surface area contributed by atoms with Crippen LogP contribution in [0.1, 0.15) is 25.5 Å². The molecular weight excluding hydrogens is 204 g/mol. The fourth-order valence-electron chi connectivity index (χ4n) is 2.11. The first-order valence-electron chi connectivity index (χ1n) is 5.56. The Morgan fingerprint density at radius 1 is 1.44 bits per heavy atom. The smallest absolute Gasteiger partial charge is 0.162 e. The normalized spacial score (nSPS) is 21.4. The zero-order chi connectivity index (χ0) is 11.0. The van der Waals surface area contributed by atoms with Gasteiger partial charge in [-0.3, -0.25) is 0 Å². The number of hydrogen-bond acceptors (Lipinski definition) is 4. The lowest BCUT2D eigenvalue weighted by atomic mass is 10.2. The van der Waals surface area contributed by atoms with Gasteiger partial charge < -0.3 is 10.5 Å². The maximum Gasteiger partial charge on any atom is 0.162 e. The summed E-state index contributed by atoms with van der Waals surface area (Å²) in [5.74, 6) is 0.525. The lowest BCUT2D eigenvalue weighted by molar-refractivity contribution is -0.0368. The van der Waals surface area contributed by atoms with Gasteiger partial charge in [0, 0.05) is 12.8 Å². The van der Waals surface area contributed by atoms with E-state index in [1.165, 1.54) is 6.42 Å². The lowest BCUT2D eigenvalue weighted by Crippen LogP contribution is -2.19. The van der Waals surface area contributed by atoms with E-state index in [0.717, 1.165) is 30.5 Å². The molecule has 0 aliphatic carbocycles. The second-order valence-electron chi connectivity index (χ2n) is 4.03. The molecule has 0 saturated carbocycles. The van der Waals surface area contributed by atoms with Gasteiger partial charge in [-0.15, -0.1) is 0 Å². The molecule has 1 unspecified atom stereocenters. The van der Waals surface area contributed by atoms with Crippen LogP contribution in [0.15, 0.2) is 18.3 Å². The van der Waals surface area contributed by atoms with Gasteiger partial charge in [0.15, 0.2) is 17.7 Å². The molecule has 1 atom stereocenters. The highest BCUT2D eigenvalue weighted by Crippen LogP contribution is 2.27. The van der Waals surface area contributed by atoms with E-state index in [1.807, 2.05) is 16.8 Å². The molecule has 0 amide bonds. The van der Waals surface area contributed by atoms with Crippen LogP contribution in [0.2, 0.25) is 0 Å². The van der Waals surface area contributed by atoms with Gasteiger partial charge in [0.05, 0.1) is 5.39 Å². The molecule has 3 heterocycles. The van der Waals surface area contributed by atoms with Crippen LogP contribution in [-0.4, -0.2) is 21.4 Å². The quantitative estimate of drug-likeness (QED) is 0.791. The summed E-state index contributed by atoms with van der Waals surface area (Å²) in [5, 5.41) is 5.22. The summed E-state index contributed by atoms with van der Waals surface area (Å²) in [5.41, 5.74) is 6.67. The van der Waals surface area contributed by atoms with Gasteiger partial charge in [-0.25, -0.2) is 9.67 Å². The van der Waals surface area contributed by atoms with Gasteiger partial charge in [-0.05, 0) is 31.4 Å². The summed E-state index contributed by atoms with van der Waals surface area (Å²) in [4.78, 5) is 4.32. The van der Waals surface area contributed by atoms with Crippen LogP contribution in [0.5, 0.6) is 0 Å². The average molecular weight is 218 g/mol. The molecule has 0 bridgehead atoms. The van der Waals surface area contributed by atoms with Crippen LogP contribution in [-0.2, 0) is 4.74 Å². The first kappa shape index (κ1) is 9.59. The Morgan fingerprint density at radius 3 is 3.19 bits per heavy atom. The van der Waals surface area contributed by atoms with Crippen molar-refractivity contribution in [3.63, 3.8) is 0 Å². The maximum absolute atomic E-state index is 5.86. The van der Waals surface area contributed by atoms with E-state index < -0.39 is 0 Å². The van der Waals surface area contributed by atoms with Crippen LogP contribution < -0.4 is 5.73 Å². The molecule has 5 heteroatoms. The van der Waals surface area contributed by atoms with Crippen LogP contribution in [0.3, 0.4) is 0 Å². The summed E-state index contributed by atoms with van der Waals surface area (Å²) in [6.45, 7) is 0.790. The van der Waals surface area contributed by atoms with Crippen LogP contribution >= 0.6 is 0 Å². The van der Waals surface area contributed by atoms with Crippen molar-refractivity contribution in [2.45, 2.75) is 25.5 Å². The van der Waals surface area contributed by atoms with E-state index >= 15 is 0 Å². The summed E-state index contributed by atoms with van der Waals surface area (Å²) in [6, 6.07) is 3.80. The van der Waals surface area contributed by atoms with Crippen molar-refractivity contribution >= 4 is 16.9 Å². The summed E-state index contributed by atoms with van der Waals surface area (Å²) in [6.07, 6.45) is 5.01. The number of aromatic nitrogens is 3. The van der Waals surface area contributed by atoms with Gasteiger partial charge in [0.2, 0.25) is 0 Å². The van der Waals surface area contributed by atoms with Crippen molar-refractivity contribution < 1.29 is 4.74 Å². The number of anilines is 1. The Balaban J connectivity index is 2.08. The predicted octanol–water partition coefficient (Wildman–Crippen LogP) is 1.71. The van der Waals surface area contributed by atoms with E-state index in [4.69, 9.17) is 10.5 Å². The van der Waals surface area contributed by atoms with Crippen LogP contribution in [0.4, 0.5) is 5.82 Å². The summed E-state index contributed by atoms with van der Waals surface area (Å²) >= 11 is 0. The molecule has 2 N–H and O–H groups in total. The standard InChI is InChI=1S/C11H14N4O/c12-10-8-4-3-6-13-11(8)15(14-10)9-5-1-2-7-16-9/h3-4,6,9H,1-2,5,7H2,(H2,12,14). The SMILES string of the molecule is Nc1nn(C2CCCCO2)c2ncccc12. The third kappa shape index (κ3) is 1.44. The number of fused-ring (bicyclic) bond motifs is 1. The molecule has 3 rings (SSSR count). The minimum atomic E-state index is -0.0107. The van der Waals surface area contributed by atoms with Gasteiger partial charge >= 0.3 is 0 Å². The number of pyridine rings is 1. The Bertz CT molecular complexity index is 502. The highest BCUT2D eigenvalue weighted by molar-refractivity contribution is 5.86. The van der Waals surface area contributed by atoms with Crippen molar-refractivity contribution in [3.05, 3.63) is 18.3 Å². The monoisotopic (exact) mass is 218 g/mol. The number of hydrogen-bond donors (Lipinski definition) is 1. The summed E-state index contributed by atoms with van der Waals surface area (Å²) in [7, 11) is 0. The fraction of sp³-hybridized carbons (Fsp3) is 0.455. The highest BCUT2D eigenvalue weighted by Gasteiger charge is 2.20. The Morgan fingerprint density at radius 2 is 2.38 bits per heavy atom. The Labute approximate surface area is 93.2 Å². The molecule has 1 aliphatic rings. The highest BCUT2D eigenvalue weighted by atomic mass is 16.5. The second kappa shape index (κ2) is 3.75. The van der Waals surface area contributed by atoms with Crippen molar-refractivity contribution in [3.8, 4) is 0 Å². The first-order valence-corrected chi connectivity index (χ1v) is 5.56. The van der Waals surface area contributed by atoms with Crippen molar-refractivity contribution in [2.24, 2.45) is 0 Å². The minimum Gasteiger partial charge on any atom is -0.382 e. The number of nitrogen functional groups attached to an aromatic ring is 1. The summed E-state index contributed by atoms with van der Waals surface area (Å²) < 4.78 is 7.50. The van der Waals surface area contributed by atoms with Gasteiger partial charge in [0.25, 0.3) is 0 Å². The predicted molar refractivity (Wildman–Crippen MR) is 60.8 cm³/mol. The maximum atomic E-state index is 5.86. The minimum absolute atomic E-state index is 0.0107. The Hall–Kier alpha value is -1.62. The largest absolute Gasteiger partial charge is 0.382 e. The second-order valence-corrected chi connectivity index (χ2v) is 4.03. The third-order valence-electron chi connectivity index (χ3n) is 2.92. The first-order chi connectivity index (χ1) is 7.86. The van der Waals surface area contributed by atoms with Gasteiger partial charge in [-0.2, -0.15) is 5.10 Å². The molecule has 84 valence electrons.